The van der Waals surface area contributed by atoms with Crippen molar-refractivity contribution in [3.8, 4) is 0 Å². The van der Waals surface area contributed by atoms with Gasteiger partial charge in [0.1, 0.15) is 0 Å². The van der Waals surface area contributed by atoms with Crippen LogP contribution in [0.2, 0.25) is 0 Å². The predicted octanol–water partition coefficient (Wildman–Crippen LogP) is 0.581. The SMILES string of the molecule is C1=C(N2CCN(C3CCNCC3)CC2)CCCN1. The van der Waals surface area contributed by atoms with Crippen molar-refractivity contribution in [2.24, 2.45) is 0 Å². The van der Waals surface area contributed by atoms with Crippen LogP contribution >= 0.6 is 0 Å². The molecular weight excluding hydrogens is 224 g/mol. The van der Waals surface area contributed by atoms with Gasteiger partial charge < -0.3 is 15.5 Å². The van der Waals surface area contributed by atoms with Gasteiger partial charge in [0.15, 0.2) is 0 Å². The minimum absolute atomic E-state index is 0.840. The lowest BCUT2D eigenvalue weighted by Gasteiger charge is -2.42. The second-order valence-corrected chi connectivity index (χ2v) is 5.70. The normalized spacial score (nSPS) is 27.8. The molecule has 4 heteroatoms. The van der Waals surface area contributed by atoms with E-state index in [1.54, 1.807) is 0 Å². The number of piperidine rings is 1. The number of nitrogens with zero attached hydrogens (tertiary/aromatic N) is 2. The zero-order valence-electron chi connectivity index (χ0n) is 11.3. The van der Waals surface area contributed by atoms with Crippen molar-refractivity contribution in [3.05, 3.63) is 11.9 Å². The summed E-state index contributed by atoms with van der Waals surface area (Å²) < 4.78 is 0. The molecule has 3 aliphatic rings. The molecule has 4 nitrogen and oxygen atoms in total. The van der Waals surface area contributed by atoms with E-state index in [2.05, 4.69) is 26.6 Å². The molecule has 0 aromatic carbocycles. The lowest BCUT2D eigenvalue weighted by Crippen LogP contribution is -2.52. The molecule has 2 N–H and O–H groups in total. The summed E-state index contributed by atoms with van der Waals surface area (Å²) in [5, 5.41) is 6.84. The summed E-state index contributed by atoms with van der Waals surface area (Å²) in [5.41, 5.74) is 1.53. The molecule has 2 fully saturated rings. The van der Waals surface area contributed by atoms with Crippen molar-refractivity contribution in [1.29, 1.82) is 0 Å². The van der Waals surface area contributed by atoms with Gasteiger partial charge in [0.05, 0.1) is 0 Å². The lowest BCUT2D eigenvalue weighted by atomic mass is 10.0. The Balaban J connectivity index is 1.49. The smallest absolute Gasteiger partial charge is 0.0304 e. The number of piperazine rings is 1. The number of hydrogen-bond donors (Lipinski definition) is 2. The maximum Gasteiger partial charge on any atom is 0.0304 e. The van der Waals surface area contributed by atoms with E-state index in [1.807, 2.05) is 0 Å². The van der Waals surface area contributed by atoms with Crippen molar-refractivity contribution in [1.82, 2.24) is 20.4 Å². The molecule has 0 spiro atoms. The standard InChI is InChI=1S/C14H26N4/c1-2-14(12-16-5-1)18-10-8-17(9-11-18)13-3-6-15-7-4-13/h12-13,15-16H,1-11H2. The Hall–Kier alpha value is -0.740. The van der Waals surface area contributed by atoms with Gasteiger partial charge in [0, 0.05) is 50.7 Å². The molecule has 0 radical (unpaired) electrons. The first-order valence-electron chi connectivity index (χ1n) is 7.55. The van der Waals surface area contributed by atoms with Gasteiger partial charge in [-0.05, 0) is 38.8 Å². The highest BCUT2D eigenvalue weighted by molar-refractivity contribution is 5.04. The highest BCUT2D eigenvalue weighted by Gasteiger charge is 2.25. The Bertz CT molecular complexity index is 288. The van der Waals surface area contributed by atoms with Gasteiger partial charge in [0.25, 0.3) is 0 Å². The van der Waals surface area contributed by atoms with E-state index in [-0.39, 0.29) is 0 Å². The monoisotopic (exact) mass is 250 g/mol. The zero-order chi connectivity index (χ0) is 12.2. The largest absolute Gasteiger partial charge is 0.389 e. The van der Waals surface area contributed by atoms with Crippen LogP contribution < -0.4 is 10.6 Å². The van der Waals surface area contributed by atoms with Crippen LogP contribution in [0.5, 0.6) is 0 Å². The van der Waals surface area contributed by atoms with Crippen LogP contribution in [0.4, 0.5) is 0 Å². The molecule has 3 heterocycles. The summed E-state index contributed by atoms with van der Waals surface area (Å²) in [6.45, 7) is 8.51. The molecule has 18 heavy (non-hydrogen) atoms. The first kappa shape index (κ1) is 12.3. The second-order valence-electron chi connectivity index (χ2n) is 5.70. The topological polar surface area (TPSA) is 30.5 Å². The van der Waals surface area contributed by atoms with Crippen LogP contribution in [0.3, 0.4) is 0 Å². The van der Waals surface area contributed by atoms with Gasteiger partial charge in [-0.3, -0.25) is 4.90 Å². The molecule has 0 atom stereocenters. The van der Waals surface area contributed by atoms with Gasteiger partial charge in [-0.1, -0.05) is 0 Å². The van der Waals surface area contributed by atoms with Crippen LogP contribution in [0.1, 0.15) is 25.7 Å². The van der Waals surface area contributed by atoms with E-state index in [1.165, 1.54) is 70.6 Å². The Labute approximate surface area is 110 Å². The quantitative estimate of drug-likeness (QED) is 0.750. The van der Waals surface area contributed by atoms with Gasteiger partial charge in [-0.25, -0.2) is 0 Å². The van der Waals surface area contributed by atoms with Crippen LogP contribution in [-0.4, -0.2) is 61.7 Å². The van der Waals surface area contributed by atoms with Crippen molar-refractivity contribution in [3.63, 3.8) is 0 Å². The average Bonchev–Trinajstić information content (AvgIpc) is 2.49. The van der Waals surface area contributed by atoms with Crippen LogP contribution in [-0.2, 0) is 0 Å². The Morgan fingerprint density at radius 1 is 1.00 bits per heavy atom. The molecule has 0 amide bonds. The van der Waals surface area contributed by atoms with Gasteiger partial charge in [0.2, 0.25) is 0 Å². The minimum atomic E-state index is 0.840. The first-order chi connectivity index (χ1) is 8.93. The summed E-state index contributed by atoms with van der Waals surface area (Å²) in [4.78, 5) is 5.30. The summed E-state index contributed by atoms with van der Waals surface area (Å²) in [7, 11) is 0. The fourth-order valence-electron chi connectivity index (χ4n) is 3.43. The van der Waals surface area contributed by atoms with Crippen molar-refractivity contribution in [2.75, 3.05) is 45.8 Å². The highest BCUT2D eigenvalue weighted by Crippen LogP contribution is 2.19. The van der Waals surface area contributed by atoms with Gasteiger partial charge >= 0.3 is 0 Å². The van der Waals surface area contributed by atoms with E-state index in [9.17, 15) is 0 Å². The Kier molecular flexibility index (Phi) is 4.06. The number of allylic oxidation sites excluding steroid dienone is 1. The third-order valence-electron chi connectivity index (χ3n) is 4.57. The van der Waals surface area contributed by atoms with E-state index in [0.717, 1.165) is 12.6 Å². The van der Waals surface area contributed by atoms with Gasteiger partial charge in [-0.15, -0.1) is 0 Å². The van der Waals surface area contributed by atoms with Crippen LogP contribution in [0.25, 0.3) is 0 Å². The molecule has 0 aromatic heterocycles. The van der Waals surface area contributed by atoms with E-state index < -0.39 is 0 Å². The Morgan fingerprint density at radius 2 is 1.78 bits per heavy atom. The lowest BCUT2D eigenvalue weighted by molar-refractivity contribution is 0.0952. The molecule has 0 saturated carbocycles. The first-order valence-corrected chi connectivity index (χ1v) is 7.55. The third-order valence-corrected chi connectivity index (χ3v) is 4.57. The molecule has 0 unspecified atom stereocenters. The predicted molar refractivity (Wildman–Crippen MR) is 74.4 cm³/mol. The molecular formula is C14H26N4. The molecule has 0 aromatic rings. The number of nitrogens with one attached hydrogen (secondary N) is 2. The molecule has 2 saturated heterocycles. The minimum Gasteiger partial charge on any atom is -0.389 e. The number of hydrogen-bond acceptors (Lipinski definition) is 4. The maximum atomic E-state index is 3.46. The highest BCUT2D eigenvalue weighted by atomic mass is 15.3. The molecule has 0 bridgehead atoms. The average molecular weight is 250 g/mol. The van der Waals surface area contributed by atoms with Crippen LogP contribution in [0.15, 0.2) is 11.9 Å². The van der Waals surface area contributed by atoms with E-state index in [0.29, 0.717) is 0 Å². The maximum absolute atomic E-state index is 3.46. The fourth-order valence-corrected chi connectivity index (χ4v) is 3.43. The fraction of sp³-hybridized carbons (Fsp3) is 0.857. The second kappa shape index (κ2) is 5.93. The van der Waals surface area contributed by atoms with E-state index >= 15 is 0 Å². The van der Waals surface area contributed by atoms with Crippen molar-refractivity contribution >= 4 is 0 Å². The molecule has 0 aliphatic carbocycles. The summed E-state index contributed by atoms with van der Waals surface area (Å²) >= 11 is 0. The summed E-state index contributed by atoms with van der Waals surface area (Å²) in [6.07, 6.45) is 7.47. The van der Waals surface area contributed by atoms with Crippen LogP contribution in [0, 0.1) is 0 Å². The Morgan fingerprint density at radius 3 is 2.44 bits per heavy atom. The summed E-state index contributed by atoms with van der Waals surface area (Å²) in [6, 6.07) is 0.840. The van der Waals surface area contributed by atoms with E-state index in [4.69, 9.17) is 0 Å². The number of rotatable bonds is 2. The van der Waals surface area contributed by atoms with Crippen molar-refractivity contribution in [2.45, 2.75) is 31.7 Å². The summed E-state index contributed by atoms with van der Waals surface area (Å²) in [5.74, 6) is 0. The molecule has 3 rings (SSSR count). The third kappa shape index (κ3) is 2.81. The van der Waals surface area contributed by atoms with Crippen molar-refractivity contribution < 1.29 is 0 Å². The molecule has 3 aliphatic heterocycles. The molecule has 102 valence electrons. The van der Waals surface area contributed by atoms with Gasteiger partial charge in [-0.2, -0.15) is 0 Å². The zero-order valence-corrected chi connectivity index (χ0v) is 11.3.